The molecule has 0 bridgehead atoms. The summed E-state index contributed by atoms with van der Waals surface area (Å²) in [4.78, 5) is 23.4. The molecule has 2 aromatic rings. The lowest BCUT2D eigenvalue weighted by Gasteiger charge is -2.15. The van der Waals surface area contributed by atoms with Gasteiger partial charge in [-0.05, 0) is 48.2 Å². The van der Waals surface area contributed by atoms with Crippen LogP contribution in [0.25, 0.3) is 0 Å². The maximum absolute atomic E-state index is 13.8. The van der Waals surface area contributed by atoms with E-state index in [-0.39, 0.29) is 22.2 Å². The predicted molar refractivity (Wildman–Crippen MR) is 83.3 cm³/mol. The van der Waals surface area contributed by atoms with Crippen molar-refractivity contribution in [2.24, 2.45) is 0 Å². The van der Waals surface area contributed by atoms with Gasteiger partial charge in [-0.25, -0.2) is 9.18 Å². The average Bonchev–Trinajstić information content (AvgIpc) is 2.89. The summed E-state index contributed by atoms with van der Waals surface area (Å²) in [5.41, 5.74) is 1.71. The number of benzene rings is 2. The van der Waals surface area contributed by atoms with Crippen LogP contribution in [0.3, 0.4) is 0 Å². The molecule has 1 amide bonds. The Morgan fingerprint density at radius 1 is 1.26 bits per heavy atom. The van der Waals surface area contributed by atoms with Crippen molar-refractivity contribution in [2.75, 3.05) is 0 Å². The molecule has 0 aromatic heterocycles. The van der Waals surface area contributed by atoms with Crippen LogP contribution in [-0.2, 0) is 6.42 Å². The highest BCUT2D eigenvalue weighted by molar-refractivity contribution is 6.33. The number of aromatic carboxylic acids is 1. The third-order valence-electron chi connectivity index (χ3n) is 3.97. The van der Waals surface area contributed by atoms with Crippen molar-refractivity contribution in [1.29, 1.82) is 0 Å². The zero-order chi connectivity index (χ0) is 16.6. The Hall–Kier alpha value is -2.40. The molecule has 0 aliphatic heterocycles. The highest BCUT2D eigenvalue weighted by Gasteiger charge is 2.27. The van der Waals surface area contributed by atoms with Crippen molar-refractivity contribution in [1.82, 2.24) is 5.32 Å². The molecule has 0 saturated carbocycles. The second-order valence-corrected chi connectivity index (χ2v) is 5.79. The minimum atomic E-state index is -1.03. The normalized spacial score (nSPS) is 16.0. The fourth-order valence-corrected chi connectivity index (χ4v) is 3.08. The second-order valence-electron chi connectivity index (χ2n) is 5.38. The number of fused-ring (bicyclic) bond motifs is 1. The standard InChI is InChI=1S/C17H13ClFNO3/c18-12-2-1-3-13(19)15(12)16(21)20-14-7-6-9-4-5-10(17(22)23)8-11(9)14/h1-5,8,14H,6-7H2,(H,20,21)(H,22,23). The van der Waals surface area contributed by atoms with E-state index in [1.165, 1.54) is 18.2 Å². The largest absolute Gasteiger partial charge is 0.478 e. The van der Waals surface area contributed by atoms with Crippen LogP contribution >= 0.6 is 11.6 Å². The first-order valence-corrected chi connectivity index (χ1v) is 7.46. The summed E-state index contributed by atoms with van der Waals surface area (Å²) in [6.07, 6.45) is 1.36. The van der Waals surface area contributed by atoms with Gasteiger partial charge in [-0.3, -0.25) is 4.79 Å². The number of hydrogen-bond acceptors (Lipinski definition) is 2. The van der Waals surface area contributed by atoms with Crippen molar-refractivity contribution in [3.8, 4) is 0 Å². The molecule has 0 heterocycles. The average molecular weight is 334 g/mol. The number of aryl methyl sites for hydroxylation is 1. The molecule has 23 heavy (non-hydrogen) atoms. The van der Waals surface area contributed by atoms with Gasteiger partial charge in [-0.1, -0.05) is 23.7 Å². The van der Waals surface area contributed by atoms with E-state index in [0.29, 0.717) is 6.42 Å². The summed E-state index contributed by atoms with van der Waals surface area (Å²) in [5, 5.41) is 11.9. The first-order chi connectivity index (χ1) is 11.0. The van der Waals surface area contributed by atoms with Crippen molar-refractivity contribution >= 4 is 23.5 Å². The lowest BCUT2D eigenvalue weighted by Crippen LogP contribution is -2.28. The smallest absolute Gasteiger partial charge is 0.335 e. The molecule has 4 nitrogen and oxygen atoms in total. The van der Waals surface area contributed by atoms with Gasteiger partial charge in [0.1, 0.15) is 5.82 Å². The Morgan fingerprint density at radius 2 is 2.04 bits per heavy atom. The zero-order valence-electron chi connectivity index (χ0n) is 12.0. The Kier molecular flexibility index (Phi) is 4.05. The highest BCUT2D eigenvalue weighted by atomic mass is 35.5. The summed E-state index contributed by atoms with van der Waals surface area (Å²) in [5.74, 6) is -2.32. The number of halogens is 2. The van der Waals surface area contributed by atoms with Crippen LogP contribution in [0.1, 0.15) is 44.3 Å². The molecule has 0 radical (unpaired) electrons. The second kappa shape index (κ2) is 6.01. The van der Waals surface area contributed by atoms with Crippen molar-refractivity contribution in [2.45, 2.75) is 18.9 Å². The number of amides is 1. The maximum Gasteiger partial charge on any atom is 0.335 e. The quantitative estimate of drug-likeness (QED) is 0.902. The van der Waals surface area contributed by atoms with Crippen LogP contribution in [0.2, 0.25) is 5.02 Å². The lowest BCUT2D eigenvalue weighted by atomic mass is 10.0. The minimum Gasteiger partial charge on any atom is -0.478 e. The number of carbonyl (C=O) groups is 2. The molecular formula is C17H13ClFNO3. The number of hydrogen-bond donors (Lipinski definition) is 2. The first kappa shape index (κ1) is 15.5. The van der Waals surface area contributed by atoms with Crippen LogP contribution < -0.4 is 5.32 Å². The van der Waals surface area contributed by atoms with E-state index in [0.717, 1.165) is 17.5 Å². The summed E-state index contributed by atoms with van der Waals surface area (Å²) >= 11 is 5.90. The Labute approximate surface area is 136 Å². The van der Waals surface area contributed by atoms with Gasteiger partial charge in [0.25, 0.3) is 5.91 Å². The van der Waals surface area contributed by atoms with E-state index < -0.39 is 17.7 Å². The van der Waals surface area contributed by atoms with E-state index in [1.54, 1.807) is 18.2 Å². The molecule has 0 saturated heterocycles. The number of carboxylic acid groups (broad SMARTS) is 1. The molecule has 2 N–H and O–H groups in total. The van der Waals surface area contributed by atoms with Gasteiger partial charge < -0.3 is 10.4 Å². The molecule has 118 valence electrons. The van der Waals surface area contributed by atoms with Gasteiger partial charge in [-0.15, -0.1) is 0 Å². The number of carbonyl (C=O) groups excluding carboxylic acids is 1. The third-order valence-corrected chi connectivity index (χ3v) is 4.28. The molecule has 0 fully saturated rings. The predicted octanol–water partition coefficient (Wildman–Crippen LogP) is 3.59. The fraction of sp³-hybridized carbons (Fsp3) is 0.176. The molecule has 1 unspecified atom stereocenters. The molecular weight excluding hydrogens is 321 g/mol. The van der Waals surface area contributed by atoms with Crippen LogP contribution in [-0.4, -0.2) is 17.0 Å². The summed E-state index contributed by atoms with van der Waals surface area (Å²) in [7, 11) is 0. The van der Waals surface area contributed by atoms with E-state index >= 15 is 0 Å². The van der Waals surface area contributed by atoms with Gasteiger partial charge in [0.2, 0.25) is 0 Å². The molecule has 3 rings (SSSR count). The van der Waals surface area contributed by atoms with E-state index in [1.807, 2.05) is 0 Å². The molecule has 2 aromatic carbocycles. The summed E-state index contributed by atoms with van der Waals surface area (Å²) < 4.78 is 13.8. The number of rotatable bonds is 3. The Balaban J connectivity index is 1.87. The van der Waals surface area contributed by atoms with Gasteiger partial charge >= 0.3 is 5.97 Å². The molecule has 1 atom stereocenters. The number of carboxylic acids is 1. The SMILES string of the molecule is O=C(O)c1ccc2c(c1)C(NC(=O)c1c(F)cccc1Cl)CC2. The minimum absolute atomic E-state index is 0.0417. The maximum atomic E-state index is 13.8. The van der Waals surface area contributed by atoms with Crippen LogP contribution in [0, 0.1) is 5.82 Å². The zero-order valence-corrected chi connectivity index (χ0v) is 12.7. The summed E-state index contributed by atoms with van der Waals surface area (Å²) in [6.45, 7) is 0. The van der Waals surface area contributed by atoms with E-state index in [9.17, 15) is 14.0 Å². The van der Waals surface area contributed by atoms with Gasteiger partial charge in [0.15, 0.2) is 0 Å². The molecule has 1 aliphatic rings. The first-order valence-electron chi connectivity index (χ1n) is 7.08. The van der Waals surface area contributed by atoms with Crippen LogP contribution in [0.4, 0.5) is 4.39 Å². The highest BCUT2D eigenvalue weighted by Crippen LogP contribution is 2.32. The van der Waals surface area contributed by atoms with Gasteiger partial charge in [-0.2, -0.15) is 0 Å². The number of nitrogens with one attached hydrogen (secondary N) is 1. The lowest BCUT2D eigenvalue weighted by molar-refractivity contribution is 0.0696. The topological polar surface area (TPSA) is 66.4 Å². The monoisotopic (exact) mass is 333 g/mol. The molecule has 1 aliphatic carbocycles. The third kappa shape index (κ3) is 2.92. The molecule has 6 heteroatoms. The van der Waals surface area contributed by atoms with E-state index in [4.69, 9.17) is 16.7 Å². The van der Waals surface area contributed by atoms with Crippen LogP contribution in [0.5, 0.6) is 0 Å². The van der Waals surface area contributed by atoms with E-state index in [2.05, 4.69) is 5.32 Å². The van der Waals surface area contributed by atoms with Gasteiger partial charge in [0, 0.05) is 0 Å². The van der Waals surface area contributed by atoms with Crippen molar-refractivity contribution < 1.29 is 19.1 Å². The van der Waals surface area contributed by atoms with Crippen molar-refractivity contribution in [3.05, 3.63) is 69.5 Å². The van der Waals surface area contributed by atoms with Gasteiger partial charge in [0.05, 0.1) is 22.2 Å². The fourth-order valence-electron chi connectivity index (χ4n) is 2.83. The Bertz CT molecular complexity index is 786. The molecule has 0 spiro atoms. The van der Waals surface area contributed by atoms with Crippen molar-refractivity contribution in [3.63, 3.8) is 0 Å². The Morgan fingerprint density at radius 3 is 2.74 bits per heavy atom. The van der Waals surface area contributed by atoms with Crippen LogP contribution in [0.15, 0.2) is 36.4 Å². The summed E-state index contributed by atoms with van der Waals surface area (Å²) in [6, 6.07) is 8.54.